The summed E-state index contributed by atoms with van der Waals surface area (Å²) in [5.74, 6) is 0.198. The maximum Gasteiger partial charge on any atom is 0.328 e. The van der Waals surface area contributed by atoms with Crippen molar-refractivity contribution in [1.29, 1.82) is 0 Å². The number of fused-ring (bicyclic) bond motifs is 1. The van der Waals surface area contributed by atoms with Crippen molar-refractivity contribution in [3.05, 3.63) is 81.0 Å². The summed E-state index contributed by atoms with van der Waals surface area (Å²) in [6, 6.07) is 10.8. The van der Waals surface area contributed by atoms with Crippen LogP contribution < -0.4 is 26.4 Å². The van der Waals surface area contributed by atoms with Crippen LogP contribution in [-0.4, -0.2) is 41.7 Å². The minimum absolute atomic E-state index is 0.178. The van der Waals surface area contributed by atoms with Gasteiger partial charge in [0.15, 0.2) is 0 Å². The number of carbonyl (C=O) groups is 1. The number of anilines is 4. The van der Waals surface area contributed by atoms with Crippen molar-refractivity contribution in [3.8, 4) is 0 Å². The summed E-state index contributed by atoms with van der Waals surface area (Å²) in [4.78, 5) is 47.8. The van der Waals surface area contributed by atoms with Crippen molar-refractivity contribution in [2.75, 3.05) is 29.2 Å². The van der Waals surface area contributed by atoms with E-state index >= 15 is 0 Å². The molecule has 3 heterocycles. The summed E-state index contributed by atoms with van der Waals surface area (Å²) in [5.41, 5.74) is 1.20. The van der Waals surface area contributed by atoms with Gasteiger partial charge in [0.2, 0.25) is 0 Å². The minimum atomic E-state index is -0.806. The van der Waals surface area contributed by atoms with Gasteiger partial charge in [-0.05, 0) is 55.0 Å². The van der Waals surface area contributed by atoms with Crippen molar-refractivity contribution in [1.82, 2.24) is 9.97 Å². The number of hydrogen-bond acceptors (Lipinski definition) is 9. The Morgan fingerprint density at radius 2 is 1.92 bits per heavy atom. The van der Waals surface area contributed by atoms with Crippen LogP contribution in [0.3, 0.4) is 0 Å². The average molecular weight is 486 g/mol. The highest BCUT2D eigenvalue weighted by atomic mass is 16.5. The lowest BCUT2D eigenvalue weighted by Gasteiger charge is -2.28. The Morgan fingerprint density at radius 3 is 2.64 bits per heavy atom. The van der Waals surface area contributed by atoms with Gasteiger partial charge in [-0.15, -0.1) is 0 Å². The van der Waals surface area contributed by atoms with E-state index in [-0.39, 0.29) is 18.2 Å². The number of nitrogens with one attached hydrogen (secondary N) is 2. The van der Waals surface area contributed by atoms with Gasteiger partial charge in [-0.1, -0.05) is 12.1 Å². The average Bonchev–Trinajstić information content (AvgIpc) is 3.33. The lowest BCUT2D eigenvalue weighted by Crippen LogP contribution is -2.46. The first-order chi connectivity index (χ1) is 17.5. The molecule has 1 aliphatic heterocycles. The van der Waals surface area contributed by atoms with E-state index in [0.717, 1.165) is 41.4 Å². The molecule has 2 N–H and O–H groups in total. The second kappa shape index (κ2) is 9.77. The number of aromatic nitrogens is 2. The summed E-state index contributed by atoms with van der Waals surface area (Å²) in [6.45, 7) is 2.75. The van der Waals surface area contributed by atoms with Crippen molar-refractivity contribution >= 4 is 39.6 Å². The molecule has 4 aromatic rings. The van der Waals surface area contributed by atoms with Crippen LogP contribution in [0.25, 0.3) is 10.8 Å². The standard InChI is InChI=1S/C27H27N5O4/c1-16-4-3-13-32(16)23-22(24(33)25(23)34)31-21(27(35)36-2)14-17-5-7-19(8-6-17)30-26-20-15-28-11-9-18(20)10-12-29-26/h5-12,15-16,21,31H,3-4,13-14H2,1-2H3,(H,29,30)/t16?,21-/m0/s1. The number of ether oxygens (including phenoxy) is 1. The smallest absolute Gasteiger partial charge is 0.328 e. The van der Waals surface area contributed by atoms with Gasteiger partial charge in [0, 0.05) is 48.7 Å². The van der Waals surface area contributed by atoms with Crippen LogP contribution in [-0.2, 0) is 16.0 Å². The Labute approximate surface area is 207 Å². The van der Waals surface area contributed by atoms with E-state index in [0.29, 0.717) is 11.5 Å². The molecule has 1 aliphatic rings. The summed E-state index contributed by atoms with van der Waals surface area (Å²) in [6.07, 6.45) is 7.46. The highest BCUT2D eigenvalue weighted by Crippen LogP contribution is 2.29. The molecule has 1 fully saturated rings. The van der Waals surface area contributed by atoms with Gasteiger partial charge in [0.1, 0.15) is 23.2 Å². The molecule has 9 heteroatoms. The van der Waals surface area contributed by atoms with E-state index in [2.05, 4.69) is 20.6 Å². The summed E-state index contributed by atoms with van der Waals surface area (Å²) in [7, 11) is 1.31. The minimum Gasteiger partial charge on any atom is -0.467 e. The number of rotatable bonds is 8. The van der Waals surface area contributed by atoms with Crippen molar-refractivity contribution in [2.45, 2.75) is 38.3 Å². The Morgan fingerprint density at radius 1 is 1.14 bits per heavy atom. The van der Waals surface area contributed by atoms with E-state index in [1.807, 2.05) is 48.2 Å². The van der Waals surface area contributed by atoms with Crippen LogP contribution in [0.15, 0.2) is 64.6 Å². The van der Waals surface area contributed by atoms with Crippen molar-refractivity contribution in [2.24, 2.45) is 0 Å². The Hall–Kier alpha value is -4.27. The van der Waals surface area contributed by atoms with E-state index in [1.54, 1.807) is 18.6 Å². The van der Waals surface area contributed by atoms with Gasteiger partial charge >= 0.3 is 5.97 Å². The van der Waals surface area contributed by atoms with Crippen LogP contribution in [0.1, 0.15) is 25.3 Å². The number of benzene rings is 1. The normalized spacial score (nSPS) is 16.3. The molecular weight excluding hydrogens is 458 g/mol. The Kier molecular flexibility index (Phi) is 6.37. The SMILES string of the molecule is COC(=O)[C@H](Cc1ccc(Nc2nccc3ccncc23)cc1)Nc1c(N2CCCC2C)c(=O)c1=O. The number of carbonyl (C=O) groups excluding carboxylic acids is 1. The van der Waals surface area contributed by atoms with Crippen molar-refractivity contribution < 1.29 is 9.53 Å². The third-order valence-corrected chi connectivity index (χ3v) is 6.75. The second-order valence-corrected chi connectivity index (χ2v) is 9.07. The molecule has 2 atom stereocenters. The Bertz CT molecular complexity index is 1470. The fourth-order valence-electron chi connectivity index (χ4n) is 4.77. The summed E-state index contributed by atoms with van der Waals surface area (Å²) in [5, 5.41) is 8.27. The topological polar surface area (TPSA) is 114 Å². The van der Waals surface area contributed by atoms with Gasteiger partial charge in [-0.25, -0.2) is 9.78 Å². The molecule has 0 bridgehead atoms. The van der Waals surface area contributed by atoms with Crippen LogP contribution in [0.4, 0.5) is 22.9 Å². The van der Waals surface area contributed by atoms with Crippen LogP contribution >= 0.6 is 0 Å². The molecule has 9 nitrogen and oxygen atoms in total. The fraction of sp³-hybridized carbons (Fsp3) is 0.296. The first-order valence-corrected chi connectivity index (χ1v) is 11.9. The molecule has 2 aromatic carbocycles. The molecule has 1 saturated heterocycles. The van der Waals surface area contributed by atoms with Gasteiger partial charge in [0.25, 0.3) is 10.9 Å². The van der Waals surface area contributed by atoms with Gasteiger partial charge in [-0.2, -0.15) is 0 Å². The predicted octanol–water partition coefficient (Wildman–Crippen LogP) is 3.15. The first kappa shape index (κ1) is 23.5. The maximum atomic E-state index is 12.6. The van der Waals surface area contributed by atoms with Gasteiger partial charge in [-0.3, -0.25) is 14.6 Å². The zero-order valence-electron chi connectivity index (χ0n) is 20.2. The molecule has 36 heavy (non-hydrogen) atoms. The van der Waals surface area contributed by atoms with Gasteiger partial charge < -0.3 is 20.3 Å². The molecule has 0 spiro atoms. The quantitative estimate of drug-likeness (QED) is 0.287. The molecule has 5 rings (SSSR count). The fourth-order valence-corrected chi connectivity index (χ4v) is 4.77. The van der Waals surface area contributed by atoms with Gasteiger partial charge in [0.05, 0.1) is 7.11 Å². The Balaban J connectivity index is 1.33. The molecule has 0 radical (unpaired) electrons. The van der Waals surface area contributed by atoms with Crippen molar-refractivity contribution in [3.63, 3.8) is 0 Å². The van der Waals surface area contributed by atoms with Crippen LogP contribution in [0, 0.1) is 0 Å². The lowest BCUT2D eigenvalue weighted by atomic mass is 10.0. The number of methoxy groups -OCH3 is 1. The number of esters is 1. The molecule has 0 amide bonds. The number of nitrogens with zero attached hydrogens (tertiary/aromatic N) is 3. The molecule has 184 valence electrons. The zero-order chi connectivity index (χ0) is 25.2. The third-order valence-electron chi connectivity index (χ3n) is 6.75. The summed E-state index contributed by atoms with van der Waals surface area (Å²) >= 11 is 0. The predicted molar refractivity (Wildman–Crippen MR) is 140 cm³/mol. The lowest BCUT2D eigenvalue weighted by molar-refractivity contribution is -0.141. The molecule has 2 aromatic heterocycles. The monoisotopic (exact) mass is 485 g/mol. The van der Waals surface area contributed by atoms with E-state index in [9.17, 15) is 14.4 Å². The third kappa shape index (κ3) is 4.39. The summed E-state index contributed by atoms with van der Waals surface area (Å²) < 4.78 is 4.98. The van der Waals surface area contributed by atoms with E-state index in [4.69, 9.17) is 4.74 Å². The molecule has 0 aliphatic carbocycles. The highest BCUT2D eigenvalue weighted by Gasteiger charge is 2.33. The highest BCUT2D eigenvalue weighted by molar-refractivity contribution is 5.92. The van der Waals surface area contributed by atoms with E-state index in [1.165, 1.54) is 7.11 Å². The first-order valence-electron chi connectivity index (χ1n) is 11.9. The molecular formula is C27H27N5O4. The maximum absolute atomic E-state index is 12.6. The van der Waals surface area contributed by atoms with Crippen LogP contribution in [0.5, 0.6) is 0 Å². The second-order valence-electron chi connectivity index (χ2n) is 9.07. The molecule has 0 saturated carbocycles. The van der Waals surface area contributed by atoms with Crippen LogP contribution in [0.2, 0.25) is 0 Å². The number of hydrogen-bond donors (Lipinski definition) is 2. The largest absolute Gasteiger partial charge is 0.467 e. The number of pyridine rings is 2. The van der Waals surface area contributed by atoms with E-state index < -0.39 is 22.9 Å². The zero-order valence-corrected chi connectivity index (χ0v) is 20.2. The molecule has 1 unspecified atom stereocenters.